The molecule has 0 amide bonds. The molecule has 0 saturated heterocycles. The van der Waals surface area contributed by atoms with Crippen LogP contribution < -0.4 is 10.9 Å². The summed E-state index contributed by atoms with van der Waals surface area (Å²) in [5, 5.41) is 9.86. The van der Waals surface area contributed by atoms with Crippen LogP contribution in [-0.2, 0) is 0 Å². The Morgan fingerprint density at radius 3 is 2.56 bits per heavy atom. The van der Waals surface area contributed by atoms with E-state index in [0.29, 0.717) is 28.0 Å². The van der Waals surface area contributed by atoms with E-state index in [0.717, 1.165) is 0 Å². The molecule has 4 rings (SSSR count). The van der Waals surface area contributed by atoms with Gasteiger partial charge in [-0.1, -0.05) is 0 Å². The number of aromatic amines is 1. The fourth-order valence-corrected chi connectivity index (χ4v) is 2.88. The van der Waals surface area contributed by atoms with Crippen LogP contribution in [0.2, 0.25) is 0 Å². The molecule has 1 aliphatic rings. The van der Waals surface area contributed by atoms with E-state index in [4.69, 9.17) is 0 Å². The number of hydrazine groups is 1. The second-order valence-electron chi connectivity index (χ2n) is 6.44. The van der Waals surface area contributed by atoms with E-state index in [1.54, 1.807) is 12.1 Å². The summed E-state index contributed by atoms with van der Waals surface area (Å²) in [6.07, 6.45) is -2.92. The molecule has 138 valence electrons. The topological polar surface area (TPSA) is 76.5 Å². The number of nitrogens with one attached hydrogen (secondary N) is 3. The van der Waals surface area contributed by atoms with E-state index >= 15 is 0 Å². The van der Waals surface area contributed by atoms with E-state index in [9.17, 15) is 22.8 Å². The number of rotatable bonds is 4. The summed E-state index contributed by atoms with van der Waals surface area (Å²) in [5.74, 6) is -0.457. The van der Waals surface area contributed by atoms with Gasteiger partial charge in [0.25, 0.3) is 0 Å². The second-order valence-corrected chi connectivity index (χ2v) is 6.44. The van der Waals surface area contributed by atoms with Crippen LogP contribution in [0.3, 0.4) is 0 Å². The van der Waals surface area contributed by atoms with E-state index in [1.165, 1.54) is 24.4 Å². The number of pyridine rings is 1. The number of fused-ring (bicyclic) bond motifs is 1. The molecule has 0 bridgehead atoms. The highest BCUT2D eigenvalue weighted by Gasteiger charge is 2.63. The summed E-state index contributed by atoms with van der Waals surface area (Å²) in [6.45, 7) is 0. The Morgan fingerprint density at radius 2 is 1.96 bits per heavy atom. The third kappa shape index (κ3) is 2.98. The smallest absolute Gasteiger partial charge is 0.352 e. The average molecular weight is 375 g/mol. The molecule has 3 aromatic rings. The summed E-state index contributed by atoms with van der Waals surface area (Å²) >= 11 is 0. The standard InChI is InChI=1S/C18H13F4N5/c19-10-1-3-14-12(7-10)13(8-23)16(25-14)15-4-2-11(9-24-15)26-27-17(5-6-17)18(20,21)22/h1-4,7,9,25-27H,5-6H2. The number of nitrogens with zero attached hydrogens (tertiary/aromatic N) is 2. The maximum absolute atomic E-state index is 13.5. The summed E-state index contributed by atoms with van der Waals surface area (Å²) in [4.78, 5) is 7.23. The predicted molar refractivity (Wildman–Crippen MR) is 91.0 cm³/mol. The van der Waals surface area contributed by atoms with Crippen molar-refractivity contribution in [3.8, 4) is 17.5 Å². The Bertz CT molecular complexity index is 1040. The summed E-state index contributed by atoms with van der Waals surface area (Å²) < 4.78 is 52.2. The lowest BCUT2D eigenvalue weighted by Gasteiger charge is -2.21. The molecule has 5 nitrogen and oxygen atoms in total. The normalized spacial score (nSPS) is 15.5. The van der Waals surface area contributed by atoms with Crippen molar-refractivity contribution in [2.45, 2.75) is 24.6 Å². The molecule has 0 atom stereocenters. The van der Waals surface area contributed by atoms with Gasteiger partial charge in [-0.05, 0) is 43.2 Å². The number of aromatic nitrogens is 2. The van der Waals surface area contributed by atoms with Crippen molar-refractivity contribution in [3.05, 3.63) is 47.9 Å². The quantitative estimate of drug-likeness (QED) is 0.471. The number of anilines is 1. The third-order valence-electron chi connectivity index (χ3n) is 4.63. The highest BCUT2D eigenvalue weighted by atomic mass is 19.4. The number of halogens is 4. The number of nitriles is 1. The molecule has 27 heavy (non-hydrogen) atoms. The first kappa shape index (κ1) is 17.3. The molecule has 0 aliphatic heterocycles. The van der Waals surface area contributed by atoms with E-state index < -0.39 is 17.5 Å². The van der Waals surface area contributed by atoms with Crippen molar-refractivity contribution < 1.29 is 17.6 Å². The molecule has 2 heterocycles. The van der Waals surface area contributed by atoms with Gasteiger partial charge < -0.3 is 10.4 Å². The van der Waals surface area contributed by atoms with Crippen molar-refractivity contribution in [2.75, 3.05) is 5.43 Å². The molecule has 1 aliphatic carbocycles. The Morgan fingerprint density at radius 1 is 1.19 bits per heavy atom. The number of hydrogen-bond donors (Lipinski definition) is 3. The van der Waals surface area contributed by atoms with Crippen LogP contribution in [-0.4, -0.2) is 21.7 Å². The Labute approximate surface area is 151 Å². The first-order valence-electron chi connectivity index (χ1n) is 8.11. The molecule has 0 radical (unpaired) electrons. The van der Waals surface area contributed by atoms with Gasteiger partial charge in [-0.3, -0.25) is 4.98 Å². The summed E-state index contributed by atoms with van der Waals surface area (Å²) in [5.41, 5.74) is 5.02. The zero-order chi connectivity index (χ0) is 19.2. The maximum Gasteiger partial charge on any atom is 0.408 e. The molecule has 3 N–H and O–H groups in total. The second kappa shape index (κ2) is 5.96. The summed E-state index contributed by atoms with van der Waals surface area (Å²) in [6, 6.07) is 9.23. The minimum absolute atomic E-state index is 0.0200. The minimum Gasteiger partial charge on any atom is -0.352 e. The molecule has 0 unspecified atom stereocenters. The van der Waals surface area contributed by atoms with Crippen LogP contribution in [0.4, 0.5) is 23.2 Å². The fourth-order valence-electron chi connectivity index (χ4n) is 2.88. The van der Waals surface area contributed by atoms with Crippen LogP contribution >= 0.6 is 0 Å². The number of hydrogen-bond acceptors (Lipinski definition) is 4. The van der Waals surface area contributed by atoms with Crippen molar-refractivity contribution >= 4 is 16.6 Å². The molecule has 9 heteroatoms. The van der Waals surface area contributed by atoms with Gasteiger partial charge >= 0.3 is 6.18 Å². The lowest BCUT2D eigenvalue weighted by Crippen LogP contribution is -2.47. The molecule has 1 saturated carbocycles. The highest BCUT2D eigenvalue weighted by Crippen LogP contribution is 2.48. The first-order valence-corrected chi connectivity index (χ1v) is 8.11. The Kier molecular flexibility index (Phi) is 3.82. The zero-order valence-electron chi connectivity index (χ0n) is 13.8. The van der Waals surface area contributed by atoms with Gasteiger partial charge in [-0.2, -0.15) is 18.4 Å². The van der Waals surface area contributed by atoms with Gasteiger partial charge in [0.15, 0.2) is 0 Å². The highest BCUT2D eigenvalue weighted by molar-refractivity contribution is 5.93. The molecule has 2 aromatic heterocycles. The predicted octanol–water partition coefficient (Wildman–Crippen LogP) is 4.25. The molecule has 0 spiro atoms. The third-order valence-corrected chi connectivity index (χ3v) is 4.63. The van der Waals surface area contributed by atoms with E-state index in [2.05, 4.69) is 20.8 Å². The van der Waals surface area contributed by atoms with Crippen molar-refractivity contribution in [1.29, 1.82) is 5.26 Å². The maximum atomic E-state index is 13.5. The fraction of sp³-hybridized carbons (Fsp3) is 0.222. The van der Waals surface area contributed by atoms with Crippen molar-refractivity contribution in [3.63, 3.8) is 0 Å². The first-order chi connectivity index (χ1) is 12.8. The van der Waals surface area contributed by atoms with Crippen LogP contribution in [0, 0.1) is 17.1 Å². The van der Waals surface area contributed by atoms with Crippen LogP contribution in [0.5, 0.6) is 0 Å². The largest absolute Gasteiger partial charge is 0.408 e. The molecular weight excluding hydrogens is 362 g/mol. The van der Waals surface area contributed by atoms with Crippen LogP contribution in [0.25, 0.3) is 22.3 Å². The monoisotopic (exact) mass is 375 g/mol. The van der Waals surface area contributed by atoms with Crippen molar-refractivity contribution in [2.24, 2.45) is 0 Å². The molecule has 1 fully saturated rings. The van der Waals surface area contributed by atoms with Crippen LogP contribution in [0.1, 0.15) is 18.4 Å². The molecule has 1 aromatic carbocycles. The number of benzene rings is 1. The van der Waals surface area contributed by atoms with E-state index in [1.807, 2.05) is 6.07 Å². The minimum atomic E-state index is -4.32. The van der Waals surface area contributed by atoms with Gasteiger partial charge in [0.2, 0.25) is 0 Å². The zero-order valence-corrected chi connectivity index (χ0v) is 13.8. The summed E-state index contributed by atoms with van der Waals surface area (Å²) in [7, 11) is 0. The SMILES string of the molecule is N#Cc1c(-c2ccc(NNC3(C(F)(F)F)CC3)cn2)[nH]c2ccc(F)cc12. The lowest BCUT2D eigenvalue weighted by molar-refractivity contribution is -0.164. The Balaban J connectivity index is 1.58. The van der Waals surface area contributed by atoms with E-state index in [-0.39, 0.29) is 18.4 Å². The van der Waals surface area contributed by atoms with Crippen molar-refractivity contribution in [1.82, 2.24) is 15.4 Å². The molecular formula is C18H13F4N5. The van der Waals surface area contributed by atoms with Crippen LogP contribution in [0.15, 0.2) is 36.5 Å². The Hall–Kier alpha value is -3.12. The number of H-pyrrole nitrogens is 1. The number of alkyl halides is 3. The van der Waals surface area contributed by atoms with Gasteiger partial charge in [0, 0.05) is 10.9 Å². The van der Waals surface area contributed by atoms with Gasteiger partial charge in [-0.15, -0.1) is 0 Å². The average Bonchev–Trinajstić information content (AvgIpc) is 3.36. The van der Waals surface area contributed by atoms with Gasteiger partial charge in [-0.25, -0.2) is 9.82 Å². The lowest BCUT2D eigenvalue weighted by atomic mass is 10.1. The van der Waals surface area contributed by atoms with Gasteiger partial charge in [0.05, 0.1) is 28.8 Å². The van der Waals surface area contributed by atoms with Gasteiger partial charge in [0.1, 0.15) is 17.4 Å².